The van der Waals surface area contributed by atoms with E-state index in [9.17, 15) is 4.79 Å². The van der Waals surface area contributed by atoms with Crippen molar-refractivity contribution in [1.82, 2.24) is 0 Å². The maximum Gasteiger partial charge on any atom is 0.193 e. The van der Waals surface area contributed by atoms with Crippen molar-refractivity contribution in [2.24, 2.45) is 0 Å². The summed E-state index contributed by atoms with van der Waals surface area (Å²) >= 11 is 0. The quantitative estimate of drug-likeness (QED) is 0.520. The zero-order valence-electron chi connectivity index (χ0n) is 8.03. The second kappa shape index (κ2) is 4.93. The number of carbonyl (C=O) groups excluding carboxylic acids is 1. The van der Waals surface area contributed by atoms with Crippen LogP contribution < -0.4 is 9.47 Å². The zero-order chi connectivity index (χ0) is 10.4. The lowest BCUT2D eigenvalue weighted by atomic mass is 10.2. The van der Waals surface area contributed by atoms with E-state index in [1.165, 1.54) is 0 Å². The molecule has 0 heterocycles. The summed E-state index contributed by atoms with van der Waals surface area (Å²) in [5, 5.41) is 0. The fourth-order valence-corrected chi connectivity index (χ4v) is 1.08. The fraction of sp³-hybridized carbons (Fsp3) is 0.182. The van der Waals surface area contributed by atoms with Crippen molar-refractivity contribution in [3.63, 3.8) is 0 Å². The molecule has 0 fully saturated rings. The third-order valence-electron chi connectivity index (χ3n) is 1.68. The van der Waals surface area contributed by atoms with Crippen LogP contribution in [-0.2, 0) is 4.79 Å². The fourth-order valence-electron chi connectivity index (χ4n) is 1.08. The second-order valence-electron chi connectivity index (χ2n) is 2.42. The Morgan fingerprint density at radius 3 is 2.21 bits per heavy atom. The summed E-state index contributed by atoms with van der Waals surface area (Å²) in [4.78, 5) is 10.1. The highest BCUT2D eigenvalue weighted by molar-refractivity contribution is 5.75. The topological polar surface area (TPSA) is 35.5 Å². The van der Waals surface area contributed by atoms with Gasteiger partial charge in [-0.3, -0.25) is 4.79 Å². The van der Waals surface area contributed by atoms with Crippen LogP contribution in [0.1, 0.15) is 5.56 Å². The molecule has 3 heteroatoms. The second-order valence-corrected chi connectivity index (χ2v) is 2.42. The van der Waals surface area contributed by atoms with Gasteiger partial charge in [-0.05, 0) is 18.1 Å². The molecule has 0 atom stereocenters. The summed E-state index contributed by atoms with van der Waals surface area (Å²) in [5.74, 6) is 6.18. The number of aldehydes is 1. The van der Waals surface area contributed by atoms with Crippen molar-refractivity contribution in [3.05, 3.63) is 23.8 Å². The highest BCUT2D eigenvalue weighted by Gasteiger charge is 2.05. The maximum absolute atomic E-state index is 10.1. The Balaban J connectivity index is 3.25. The van der Waals surface area contributed by atoms with Gasteiger partial charge in [0.1, 0.15) is 17.1 Å². The lowest BCUT2D eigenvalue weighted by Crippen LogP contribution is -1.92. The summed E-state index contributed by atoms with van der Waals surface area (Å²) in [5.41, 5.74) is 0.588. The van der Waals surface area contributed by atoms with E-state index in [-0.39, 0.29) is 0 Å². The molecular weight excluding hydrogens is 180 g/mol. The molecule has 72 valence electrons. The van der Waals surface area contributed by atoms with Crippen LogP contribution in [0.3, 0.4) is 0 Å². The third kappa shape index (κ3) is 2.05. The molecule has 0 bridgehead atoms. The summed E-state index contributed by atoms with van der Waals surface area (Å²) in [6.07, 6.45) is 0.534. The molecule has 14 heavy (non-hydrogen) atoms. The monoisotopic (exact) mass is 190 g/mol. The van der Waals surface area contributed by atoms with Crippen LogP contribution in [0.25, 0.3) is 0 Å². The van der Waals surface area contributed by atoms with Gasteiger partial charge in [0.05, 0.1) is 14.2 Å². The highest BCUT2D eigenvalue weighted by atomic mass is 16.5. The predicted molar refractivity (Wildman–Crippen MR) is 52.5 cm³/mol. The number of carbonyl (C=O) groups is 1. The molecule has 0 saturated carbocycles. The van der Waals surface area contributed by atoms with E-state index < -0.39 is 0 Å². The number of hydrogen-bond acceptors (Lipinski definition) is 3. The first-order valence-corrected chi connectivity index (χ1v) is 3.99. The third-order valence-corrected chi connectivity index (χ3v) is 1.68. The smallest absolute Gasteiger partial charge is 0.193 e. The summed E-state index contributed by atoms with van der Waals surface area (Å²) in [6, 6.07) is 5.32. The van der Waals surface area contributed by atoms with Gasteiger partial charge in [0.25, 0.3) is 0 Å². The van der Waals surface area contributed by atoms with Crippen molar-refractivity contribution < 1.29 is 14.3 Å². The Bertz CT molecular complexity index is 363. The molecule has 0 aliphatic rings. The van der Waals surface area contributed by atoms with Gasteiger partial charge in [-0.1, -0.05) is 12.0 Å². The number of rotatable bonds is 2. The van der Waals surface area contributed by atoms with E-state index in [1.807, 2.05) is 0 Å². The standard InChI is InChI=1S/C11H10O3/c1-13-10-6-3-7-11(14-2)9(10)5-4-8-12/h3,6-8H,1-2H3. The minimum atomic E-state index is 0.534. The van der Waals surface area contributed by atoms with Gasteiger partial charge < -0.3 is 9.47 Å². The van der Waals surface area contributed by atoms with E-state index in [4.69, 9.17) is 9.47 Å². The van der Waals surface area contributed by atoms with Gasteiger partial charge in [0, 0.05) is 0 Å². The number of ether oxygens (including phenoxy) is 2. The van der Waals surface area contributed by atoms with E-state index >= 15 is 0 Å². The molecule has 0 aliphatic heterocycles. The van der Waals surface area contributed by atoms with Gasteiger partial charge >= 0.3 is 0 Å². The van der Waals surface area contributed by atoms with Crippen molar-refractivity contribution in [3.8, 4) is 23.3 Å². The summed E-state index contributed by atoms with van der Waals surface area (Å²) < 4.78 is 10.2. The summed E-state index contributed by atoms with van der Waals surface area (Å²) in [6.45, 7) is 0. The van der Waals surface area contributed by atoms with E-state index in [0.717, 1.165) is 0 Å². The lowest BCUT2D eigenvalue weighted by molar-refractivity contribution is -0.103. The average Bonchev–Trinajstić information content (AvgIpc) is 2.25. The minimum absolute atomic E-state index is 0.534. The lowest BCUT2D eigenvalue weighted by Gasteiger charge is -2.07. The molecule has 0 N–H and O–H groups in total. The molecule has 1 aromatic rings. The van der Waals surface area contributed by atoms with Gasteiger partial charge in [0.2, 0.25) is 0 Å². The molecule has 0 aliphatic carbocycles. The Labute approximate surface area is 82.6 Å². The summed E-state index contributed by atoms with van der Waals surface area (Å²) in [7, 11) is 3.09. The number of hydrogen-bond donors (Lipinski definition) is 0. The van der Waals surface area contributed by atoms with E-state index in [2.05, 4.69) is 11.8 Å². The molecule has 0 radical (unpaired) electrons. The first-order chi connectivity index (χ1) is 6.83. The van der Waals surface area contributed by atoms with E-state index in [1.54, 1.807) is 32.4 Å². The number of methoxy groups -OCH3 is 2. The van der Waals surface area contributed by atoms with Crippen molar-refractivity contribution in [2.45, 2.75) is 0 Å². The van der Waals surface area contributed by atoms with Crippen LogP contribution in [0, 0.1) is 11.8 Å². The van der Waals surface area contributed by atoms with Gasteiger partial charge in [0.15, 0.2) is 6.29 Å². The van der Waals surface area contributed by atoms with Crippen LogP contribution >= 0.6 is 0 Å². The molecule has 1 aromatic carbocycles. The van der Waals surface area contributed by atoms with Crippen LogP contribution in [0.5, 0.6) is 11.5 Å². The predicted octanol–water partition coefficient (Wildman–Crippen LogP) is 1.25. The molecule has 0 spiro atoms. The van der Waals surface area contributed by atoms with Gasteiger partial charge in [-0.2, -0.15) is 0 Å². The minimum Gasteiger partial charge on any atom is -0.495 e. The average molecular weight is 190 g/mol. The van der Waals surface area contributed by atoms with Crippen LogP contribution in [0.4, 0.5) is 0 Å². The van der Waals surface area contributed by atoms with Crippen LogP contribution in [-0.4, -0.2) is 20.5 Å². The first kappa shape index (κ1) is 10.1. The zero-order valence-corrected chi connectivity index (χ0v) is 8.03. The molecule has 0 amide bonds. The van der Waals surface area contributed by atoms with Crippen molar-refractivity contribution in [1.29, 1.82) is 0 Å². The molecule has 0 aromatic heterocycles. The number of benzene rings is 1. The molecule has 0 saturated heterocycles. The molecule has 1 rings (SSSR count). The van der Waals surface area contributed by atoms with Crippen molar-refractivity contribution >= 4 is 6.29 Å². The van der Waals surface area contributed by atoms with Gasteiger partial charge in [-0.15, -0.1) is 0 Å². The molecule has 0 unspecified atom stereocenters. The largest absolute Gasteiger partial charge is 0.495 e. The maximum atomic E-state index is 10.1. The Morgan fingerprint density at radius 2 is 1.79 bits per heavy atom. The Morgan fingerprint density at radius 1 is 1.21 bits per heavy atom. The van der Waals surface area contributed by atoms with Crippen molar-refractivity contribution in [2.75, 3.05) is 14.2 Å². The van der Waals surface area contributed by atoms with Crippen LogP contribution in [0.15, 0.2) is 18.2 Å². The normalized spacial score (nSPS) is 8.43. The Kier molecular flexibility index (Phi) is 3.57. The Hall–Kier alpha value is -1.95. The molecular formula is C11H10O3. The SMILES string of the molecule is COc1cccc(OC)c1C#CC=O. The highest BCUT2D eigenvalue weighted by Crippen LogP contribution is 2.26. The van der Waals surface area contributed by atoms with Crippen LogP contribution in [0.2, 0.25) is 0 Å². The van der Waals surface area contributed by atoms with E-state index in [0.29, 0.717) is 23.3 Å². The molecule has 3 nitrogen and oxygen atoms in total. The van der Waals surface area contributed by atoms with Gasteiger partial charge in [-0.25, -0.2) is 0 Å². The first-order valence-electron chi connectivity index (χ1n) is 3.99.